The van der Waals surface area contributed by atoms with Gasteiger partial charge in [-0.25, -0.2) is 9.97 Å². The molecule has 1 fully saturated rings. The maximum atomic E-state index is 13.3. The number of rotatable bonds is 16. The molecule has 0 aliphatic heterocycles. The molecule has 0 spiro atoms. The van der Waals surface area contributed by atoms with Gasteiger partial charge in [-0.3, -0.25) is 4.79 Å². The number of carbonyl (C=O) groups is 1. The van der Waals surface area contributed by atoms with E-state index in [1.165, 1.54) is 0 Å². The fourth-order valence-corrected chi connectivity index (χ4v) is 5.58. The van der Waals surface area contributed by atoms with E-state index in [1.54, 1.807) is 14.2 Å². The van der Waals surface area contributed by atoms with Gasteiger partial charge >= 0.3 is 0 Å². The summed E-state index contributed by atoms with van der Waals surface area (Å²) in [4.78, 5) is 21.8. The molecule has 0 amide bonds. The lowest BCUT2D eigenvalue weighted by Crippen LogP contribution is -2.04. The zero-order valence-electron chi connectivity index (χ0n) is 27.3. The van der Waals surface area contributed by atoms with Crippen LogP contribution in [0.3, 0.4) is 0 Å². The van der Waals surface area contributed by atoms with E-state index in [2.05, 4.69) is 19.1 Å². The van der Waals surface area contributed by atoms with E-state index in [4.69, 9.17) is 18.9 Å². The first-order valence-corrected chi connectivity index (χ1v) is 16.0. The summed E-state index contributed by atoms with van der Waals surface area (Å²) in [5.41, 5.74) is 3.39. The number of unbranched alkanes of at least 4 members (excludes halogenated alkanes) is 2. The van der Waals surface area contributed by atoms with Gasteiger partial charge in [0.1, 0.15) is 11.6 Å². The van der Waals surface area contributed by atoms with Crippen LogP contribution < -0.4 is 18.9 Å². The minimum Gasteiger partial charge on any atom is -0.493 e. The van der Waals surface area contributed by atoms with Gasteiger partial charge in [-0.1, -0.05) is 12.1 Å². The lowest BCUT2D eigenvalue weighted by atomic mass is 10.1. The van der Waals surface area contributed by atoms with E-state index in [9.17, 15) is 4.79 Å². The first-order chi connectivity index (χ1) is 22.4. The number of methoxy groups -OCH3 is 2. The molecule has 1 saturated carbocycles. The van der Waals surface area contributed by atoms with Gasteiger partial charge in [-0.05, 0) is 99.9 Å². The topological polar surface area (TPSA) is 89.6 Å². The highest BCUT2D eigenvalue weighted by atomic mass is 16.5. The normalized spacial score (nSPS) is 14.7. The molecule has 0 unspecified atom stereocenters. The minimum absolute atomic E-state index is 0.0693. The first-order valence-electron chi connectivity index (χ1n) is 16.0. The first kappa shape index (κ1) is 32.6. The van der Waals surface area contributed by atoms with E-state index in [0.29, 0.717) is 49.1 Å². The van der Waals surface area contributed by atoms with Gasteiger partial charge in [0.2, 0.25) is 0 Å². The third kappa shape index (κ3) is 8.47. The zero-order valence-corrected chi connectivity index (χ0v) is 27.3. The van der Waals surface area contributed by atoms with E-state index in [-0.39, 0.29) is 5.78 Å². The van der Waals surface area contributed by atoms with Crippen LogP contribution in [-0.2, 0) is 17.9 Å². The molecule has 9 heteroatoms. The number of carbonyl (C=O) groups excluding carboxylic acids is 1. The molecule has 0 atom stereocenters. The highest BCUT2D eigenvalue weighted by molar-refractivity contribution is 6.15. The monoisotopic (exact) mass is 624 g/mol. The van der Waals surface area contributed by atoms with E-state index in [1.807, 2.05) is 87.2 Å². The van der Waals surface area contributed by atoms with Crippen molar-refractivity contribution in [3.05, 3.63) is 95.1 Å². The van der Waals surface area contributed by atoms with Crippen molar-refractivity contribution in [2.24, 2.45) is 0 Å². The Balaban J connectivity index is 1.13. The van der Waals surface area contributed by atoms with Crippen molar-refractivity contribution < 1.29 is 23.7 Å². The van der Waals surface area contributed by atoms with Crippen LogP contribution in [-0.4, -0.2) is 52.3 Å². The molecule has 2 aromatic carbocycles. The third-order valence-corrected chi connectivity index (χ3v) is 8.25. The standard InChI is InChI=1S/C37H44N4O5/c1-27-38-15-19-40(27)17-5-7-21-45-33-13-9-29(25-35(33)43-3)23-31-11-12-32(37(31)42)24-30-10-14-34(36(26-30)44-4)46-22-8-6-18-41-20-16-39-28(41)2/h9-10,13-16,19-20,23-26H,5-8,11-12,17-18,21-22H2,1-4H3/b31-23+,32-24+. The largest absolute Gasteiger partial charge is 0.493 e. The minimum atomic E-state index is 0.0693. The number of Topliss-reactive ketones (excluding diaryl/α,β-unsaturated/α-hetero) is 1. The Labute approximate surface area is 271 Å². The molecular weight excluding hydrogens is 580 g/mol. The fourth-order valence-electron chi connectivity index (χ4n) is 5.58. The van der Waals surface area contributed by atoms with Crippen LogP contribution in [0.4, 0.5) is 0 Å². The molecule has 9 nitrogen and oxygen atoms in total. The highest BCUT2D eigenvalue weighted by Gasteiger charge is 2.23. The quantitative estimate of drug-likeness (QED) is 0.0957. The summed E-state index contributed by atoms with van der Waals surface area (Å²) in [5, 5.41) is 0. The maximum Gasteiger partial charge on any atom is 0.185 e. The molecule has 0 N–H and O–H groups in total. The average molecular weight is 625 g/mol. The summed E-state index contributed by atoms with van der Waals surface area (Å²) in [6.07, 6.45) is 16.8. The Bertz CT molecular complexity index is 1560. The van der Waals surface area contributed by atoms with Crippen molar-refractivity contribution in [2.75, 3.05) is 27.4 Å². The van der Waals surface area contributed by atoms with Gasteiger partial charge in [0.25, 0.3) is 0 Å². The molecular formula is C37H44N4O5. The number of ketones is 1. The van der Waals surface area contributed by atoms with Crippen LogP contribution in [0.25, 0.3) is 12.2 Å². The summed E-state index contributed by atoms with van der Waals surface area (Å²) in [5.74, 6) is 4.83. The molecule has 46 heavy (non-hydrogen) atoms. The van der Waals surface area contributed by atoms with Gasteiger partial charge in [-0.15, -0.1) is 0 Å². The number of aryl methyl sites for hydroxylation is 4. The SMILES string of the molecule is COc1cc(/C=C2\CC/C(=C\c3ccc(OCCCCn4ccnc4C)c(OC)c3)C2=O)ccc1OCCCCn1ccnc1C. The molecule has 5 rings (SSSR count). The molecule has 4 aromatic rings. The number of imidazole rings is 2. The van der Waals surface area contributed by atoms with Crippen LogP contribution in [0.5, 0.6) is 23.0 Å². The van der Waals surface area contributed by atoms with E-state index < -0.39 is 0 Å². The number of aromatic nitrogens is 4. The number of hydrogen-bond acceptors (Lipinski definition) is 7. The second kappa shape index (κ2) is 16.0. The van der Waals surface area contributed by atoms with Crippen molar-refractivity contribution >= 4 is 17.9 Å². The molecule has 0 bridgehead atoms. The van der Waals surface area contributed by atoms with Crippen molar-refractivity contribution in [2.45, 2.75) is 65.5 Å². The highest BCUT2D eigenvalue weighted by Crippen LogP contribution is 2.34. The molecule has 2 aromatic heterocycles. The molecule has 1 aliphatic carbocycles. The van der Waals surface area contributed by atoms with Crippen LogP contribution in [0.1, 0.15) is 61.3 Å². The molecule has 2 heterocycles. The second-order valence-corrected chi connectivity index (χ2v) is 11.4. The van der Waals surface area contributed by atoms with Gasteiger partial charge in [0, 0.05) is 49.0 Å². The number of nitrogens with zero attached hydrogens (tertiary/aromatic N) is 4. The number of allylic oxidation sites excluding steroid dienone is 2. The Morgan fingerprint density at radius 2 is 1.13 bits per heavy atom. The summed E-state index contributed by atoms with van der Waals surface area (Å²) in [7, 11) is 3.27. The summed E-state index contributed by atoms with van der Waals surface area (Å²) in [6.45, 7) is 7.06. The van der Waals surface area contributed by atoms with Crippen LogP contribution in [0, 0.1) is 13.8 Å². The van der Waals surface area contributed by atoms with Gasteiger partial charge in [0.05, 0.1) is 27.4 Å². The Morgan fingerprint density at radius 3 is 1.52 bits per heavy atom. The van der Waals surface area contributed by atoms with Crippen LogP contribution in [0.2, 0.25) is 0 Å². The smallest absolute Gasteiger partial charge is 0.185 e. The number of ether oxygens (including phenoxy) is 4. The molecule has 0 radical (unpaired) electrons. The second-order valence-electron chi connectivity index (χ2n) is 11.4. The predicted molar refractivity (Wildman–Crippen MR) is 180 cm³/mol. The summed E-state index contributed by atoms with van der Waals surface area (Å²) >= 11 is 0. The Hall–Kier alpha value is -4.79. The number of benzene rings is 2. The van der Waals surface area contributed by atoms with Gasteiger partial charge < -0.3 is 28.1 Å². The van der Waals surface area contributed by atoms with Gasteiger partial charge in [-0.2, -0.15) is 0 Å². The van der Waals surface area contributed by atoms with Crippen molar-refractivity contribution in [1.29, 1.82) is 0 Å². The van der Waals surface area contributed by atoms with E-state index in [0.717, 1.165) is 72.7 Å². The summed E-state index contributed by atoms with van der Waals surface area (Å²) in [6, 6.07) is 11.6. The third-order valence-electron chi connectivity index (χ3n) is 8.25. The molecule has 242 valence electrons. The maximum absolute atomic E-state index is 13.3. The average Bonchev–Trinajstić information content (AvgIpc) is 3.77. The van der Waals surface area contributed by atoms with E-state index >= 15 is 0 Å². The fraction of sp³-hybridized carbons (Fsp3) is 0.378. The number of hydrogen-bond donors (Lipinski definition) is 0. The predicted octanol–water partition coefficient (Wildman–Crippen LogP) is 7.26. The van der Waals surface area contributed by atoms with Gasteiger partial charge in [0.15, 0.2) is 28.8 Å². The lowest BCUT2D eigenvalue weighted by molar-refractivity contribution is -0.111. The molecule has 1 aliphatic rings. The van der Waals surface area contributed by atoms with Crippen LogP contribution >= 0.6 is 0 Å². The van der Waals surface area contributed by atoms with Crippen molar-refractivity contribution in [3.63, 3.8) is 0 Å². The Kier molecular flexibility index (Phi) is 11.3. The van der Waals surface area contributed by atoms with Crippen LogP contribution in [0.15, 0.2) is 72.3 Å². The summed E-state index contributed by atoms with van der Waals surface area (Å²) < 4.78 is 27.5. The van der Waals surface area contributed by atoms with Crippen molar-refractivity contribution in [1.82, 2.24) is 19.1 Å². The van der Waals surface area contributed by atoms with Crippen molar-refractivity contribution in [3.8, 4) is 23.0 Å². The zero-order chi connectivity index (χ0) is 32.3. The lowest BCUT2D eigenvalue weighted by Gasteiger charge is -2.12. The Morgan fingerprint density at radius 1 is 0.674 bits per heavy atom. The molecule has 0 saturated heterocycles.